The van der Waals surface area contributed by atoms with Crippen LogP contribution in [-0.2, 0) is 17.1 Å². The third-order valence-corrected chi connectivity index (χ3v) is 12.7. The first-order valence-electron chi connectivity index (χ1n) is 16.9. The van der Waals surface area contributed by atoms with Crippen LogP contribution in [0.25, 0.3) is 0 Å². The van der Waals surface area contributed by atoms with Gasteiger partial charge in [-0.15, -0.1) is 0 Å². The summed E-state index contributed by atoms with van der Waals surface area (Å²) >= 11 is 0. The van der Waals surface area contributed by atoms with Crippen LogP contribution in [-0.4, -0.2) is 12.6 Å². The maximum absolute atomic E-state index is 3.93. The third-order valence-electron chi connectivity index (χ3n) is 12.7. The summed E-state index contributed by atoms with van der Waals surface area (Å²) in [6.45, 7) is 14.0. The predicted molar refractivity (Wildman–Crippen MR) is 167 cm³/mol. The van der Waals surface area contributed by atoms with E-state index in [1.165, 1.54) is 76.5 Å². The van der Waals surface area contributed by atoms with Gasteiger partial charge in [-0.1, -0.05) is 53.9 Å². The maximum Gasteiger partial charge on any atom is 2.00 e. The third kappa shape index (κ3) is 7.40. The van der Waals surface area contributed by atoms with Crippen LogP contribution in [0.1, 0.15) is 112 Å². The van der Waals surface area contributed by atoms with Crippen molar-refractivity contribution in [2.45, 2.75) is 118 Å². The van der Waals surface area contributed by atoms with Crippen molar-refractivity contribution in [2.24, 2.45) is 52.3 Å². The van der Waals surface area contributed by atoms with Crippen molar-refractivity contribution < 1.29 is 17.1 Å². The number of nitrogens with one attached hydrogen (secondary N) is 1. The Morgan fingerprint density at radius 2 is 1.40 bits per heavy atom. The molecule has 0 bridgehead atoms. The molecule has 0 saturated heterocycles. The van der Waals surface area contributed by atoms with Gasteiger partial charge >= 0.3 is 17.1 Å². The SMILES string of the molecule is CC(C)CCC[C@@H](C)[C@H]1CC[C@H]2[C@@H]3CCC4C[C@H](NC[C]5[CH][CH][CH][CH]5)CC[C@]4(C)[C@H]3CC[C@]12C.[CH]1[CH][CH][CH][CH]1.[Fe+2]. The van der Waals surface area contributed by atoms with Crippen molar-refractivity contribution in [3.8, 4) is 0 Å². The van der Waals surface area contributed by atoms with Crippen molar-refractivity contribution in [1.82, 2.24) is 5.32 Å². The largest absolute Gasteiger partial charge is 2.00 e. The van der Waals surface area contributed by atoms with Crippen LogP contribution in [0.3, 0.4) is 0 Å². The summed E-state index contributed by atoms with van der Waals surface area (Å²) < 4.78 is 0. The number of fused-ring (bicyclic) bond motifs is 5. The minimum Gasteiger partial charge on any atom is -0.313 e. The van der Waals surface area contributed by atoms with Crippen molar-refractivity contribution in [1.29, 1.82) is 0 Å². The van der Waals surface area contributed by atoms with Crippen LogP contribution in [0.2, 0.25) is 0 Å². The van der Waals surface area contributed by atoms with Crippen LogP contribution in [0, 0.1) is 116 Å². The molecule has 0 spiro atoms. The van der Waals surface area contributed by atoms with Crippen LogP contribution < -0.4 is 5.32 Å². The Morgan fingerprint density at radius 1 is 0.750 bits per heavy atom. The summed E-state index contributed by atoms with van der Waals surface area (Å²) in [5.74, 6) is 8.26. The first-order chi connectivity index (χ1) is 18.8. The minimum absolute atomic E-state index is 0. The van der Waals surface area contributed by atoms with Crippen molar-refractivity contribution in [3.05, 3.63) is 63.7 Å². The smallest absolute Gasteiger partial charge is 0.313 e. The van der Waals surface area contributed by atoms with Crippen LogP contribution in [0.4, 0.5) is 0 Å². The molecule has 0 aromatic heterocycles. The molecule has 222 valence electrons. The van der Waals surface area contributed by atoms with E-state index in [2.05, 4.69) is 65.6 Å². The van der Waals surface area contributed by atoms with Gasteiger partial charge in [-0.3, -0.25) is 0 Å². The number of rotatable bonds is 8. The van der Waals surface area contributed by atoms with Gasteiger partial charge in [0.25, 0.3) is 0 Å². The minimum atomic E-state index is 0. The number of hydrogen-bond donors (Lipinski definition) is 1. The Morgan fingerprint density at radius 3 is 2.08 bits per heavy atom. The zero-order valence-corrected chi connectivity index (χ0v) is 27.5. The van der Waals surface area contributed by atoms with Gasteiger partial charge in [0.05, 0.1) is 0 Å². The quantitative estimate of drug-likeness (QED) is 0.280. The Labute approximate surface area is 261 Å². The van der Waals surface area contributed by atoms with E-state index in [9.17, 15) is 0 Å². The van der Waals surface area contributed by atoms with Crippen molar-refractivity contribution >= 4 is 0 Å². The number of hydrogen-bond acceptors (Lipinski definition) is 1. The normalized spacial score (nSPS) is 41.9. The summed E-state index contributed by atoms with van der Waals surface area (Å²) in [4.78, 5) is 0. The molecule has 10 radical (unpaired) electrons. The van der Waals surface area contributed by atoms with E-state index in [-0.39, 0.29) is 17.1 Å². The second kappa shape index (κ2) is 15.0. The summed E-state index contributed by atoms with van der Waals surface area (Å²) in [5, 5.41) is 3.93. The first kappa shape index (κ1) is 33.4. The van der Waals surface area contributed by atoms with E-state index in [1.807, 2.05) is 32.1 Å². The molecule has 0 heterocycles. The van der Waals surface area contributed by atoms with Crippen LogP contribution in [0.5, 0.6) is 0 Å². The molecule has 9 atom stereocenters. The van der Waals surface area contributed by atoms with E-state index in [1.54, 1.807) is 6.42 Å². The van der Waals surface area contributed by atoms with E-state index in [0.717, 1.165) is 54.0 Å². The molecule has 0 aliphatic heterocycles. The molecule has 0 amide bonds. The molecule has 6 aliphatic carbocycles. The summed E-state index contributed by atoms with van der Waals surface area (Å²) in [6.07, 6.45) is 36.7. The molecule has 6 fully saturated rings. The molecule has 1 nitrogen and oxygen atoms in total. The van der Waals surface area contributed by atoms with Gasteiger partial charge in [-0.05, 0) is 174 Å². The zero-order chi connectivity index (χ0) is 27.5. The summed E-state index contributed by atoms with van der Waals surface area (Å²) in [6, 6.07) is 0.737. The van der Waals surface area contributed by atoms with E-state index in [4.69, 9.17) is 0 Å². The van der Waals surface area contributed by atoms with E-state index >= 15 is 0 Å². The monoisotopic (exact) mass is 585 g/mol. The standard InChI is InChI=1S/C33H54N.C5H5.Fe/c1-23(2)9-8-10-24(3)29-15-16-30-28-14-13-26-21-27(34-22-25-11-6-7-12-25)17-19-32(26,4)31(28)18-20-33(29,30)5;1-2-4-5-3-1;/h6-7,11-12,23-24,26-31,34H,8-10,13-22H2,1-5H3;1-5H;/q;;+2/t24-,26?,27-,28+,29-,30+,31+,32+,33-;;/m1../s1. The molecule has 6 aliphatic rings. The average molecular weight is 586 g/mol. The zero-order valence-electron chi connectivity index (χ0n) is 26.4. The Hall–Kier alpha value is 0.479. The molecule has 1 unspecified atom stereocenters. The first-order valence-corrected chi connectivity index (χ1v) is 16.9. The van der Waals surface area contributed by atoms with Crippen LogP contribution in [0.15, 0.2) is 0 Å². The molecule has 6 saturated carbocycles. The van der Waals surface area contributed by atoms with Gasteiger partial charge in [-0.2, -0.15) is 0 Å². The molecule has 1 N–H and O–H groups in total. The van der Waals surface area contributed by atoms with Gasteiger partial charge in [-0.25, -0.2) is 0 Å². The Kier molecular flexibility index (Phi) is 12.5. The average Bonchev–Trinajstić information content (AvgIpc) is 3.70. The summed E-state index contributed by atoms with van der Waals surface area (Å²) in [7, 11) is 0. The fourth-order valence-corrected chi connectivity index (χ4v) is 10.6. The van der Waals surface area contributed by atoms with Gasteiger partial charge < -0.3 is 5.32 Å². The second-order valence-corrected chi connectivity index (χ2v) is 15.3. The van der Waals surface area contributed by atoms with E-state index < -0.39 is 0 Å². The maximum atomic E-state index is 3.93. The molecule has 2 heteroatoms. The molecular weight excluding hydrogens is 526 g/mol. The second-order valence-electron chi connectivity index (χ2n) is 15.3. The summed E-state index contributed by atoms with van der Waals surface area (Å²) in [5.41, 5.74) is 1.25. The molecule has 0 aromatic carbocycles. The predicted octanol–water partition coefficient (Wildman–Crippen LogP) is 9.49. The van der Waals surface area contributed by atoms with Crippen molar-refractivity contribution in [3.63, 3.8) is 0 Å². The van der Waals surface area contributed by atoms with Gasteiger partial charge in [0.1, 0.15) is 0 Å². The molecule has 6 rings (SSSR count). The van der Waals surface area contributed by atoms with Crippen LogP contribution >= 0.6 is 0 Å². The van der Waals surface area contributed by atoms with E-state index in [0.29, 0.717) is 10.8 Å². The molecule has 0 aromatic rings. The van der Waals surface area contributed by atoms with Gasteiger partial charge in [0.15, 0.2) is 0 Å². The van der Waals surface area contributed by atoms with Crippen molar-refractivity contribution in [2.75, 3.05) is 6.54 Å². The molecule has 40 heavy (non-hydrogen) atoms. The molecular formula is C38H59FeN+2. The van der Waals surface area contributed by atoms with Gasteiger partial charge in [0.2, 0.25) is 0 Å². The fourth-order valence-electron chi connectivity index (χ4n) is 10.6. The fraction of sp³-hybridized carbons (Fsp3) is 0.737. The Balaban J connectivity index is 0.000000557. The Bertz CT molecular complexity index is 732. The van der Waals surface area contributed by atoms with Gasteiger partial charge in [0, 0.05) is 12.6 Å². The topological polar surface area (TPSA) is 12.0 Å².